The van der Waals surface area contributed by atoms with Crippen LogP contribution < -0.4 is 5.73 Å². The van der Waals surface area contributed by atoms with Crippen LogP contribution in [0.25, 0.3) is 0 Å². The average Bonchev–Trinajstić information content (AvgIpc) is 2.41. The van der Waals surface area contributed by atoms with E-state index in [0.717, 1.165) is 5.56 Å². The molecule has 0 fully saturated rings. The molecule has 0 spiro atoms. The van der Waals surface area contributed by atoms with Gasteiger partial charge in [0.15, 0.2) is 9.84 Å². The zero-order chi connectivity index (χ0) is 14.8. The molecule has 0 amide bonds. The summed E-state index contributed by atoms with van der Waals surface area (Å²) in [5, 5.41) is 0.603. The SMILES string of the molecule is NCc1ccc(CS(=O)(=O)c2ccccc2Cl)c(Cl)c1. The van der Waals surface area contributed by atoms with E-state index in [9.17, 15) is 8.42 Å². The molecule has 3 nitrogen and oxygen atoms in total. The Bertz CT molecular complexity index is 730. The third kappa shape index (κ3) is 3.33. The van der Waals surface area contributed by atoms with Gasteiger partial charge in [-0.2, -0.15) is 0 Å². The summed E-state index contributed by atoms with van der Waals surface area (Å²) in [6, 6.07) is 11.5. The fraction of sp³-hybridized carbons (Fsp3) is 0.143. The fourth-order valence-electron chi connectivity index (χ4n) is 1.81. The van der Waals surface area contributed by atoms with Crippen LogP contribution in [0.3, 0.4) is 0 Å². The highest BCUT2D eigenvalue weighted by Crippen LogP contribution is 2.27. The minimum atomic E-state index is -3.53. The number of halogens is 2. The molecule has 0 saturated carbocycles. The van der Waals surface area contributed by atoms with Gasteiger partial charge >= 0.3 is 0 Å². The Labute approximate surface area is 128 Å². The van der Waals surface area contributed by atoms with Crippen molar-refractivity contribution in [2.24, 2.45) is 5.73 Å². The van der Waals surface area contributed by atoms with Crippen molar-refractivity contribution in [3.8, 4) is 0 Å². The first-order chi connectivity index (χ1) is 9.44. The summed E-state index contributed by atoms with van der Waals surface area (Å²) in [5.41, 5.74) is 6.90. The Morgan fingerprint density at radius 1 is 1.00 bits per heavy atom. The lowest BCUT2D eigenvalue weighted by Gasteiger charge is -2.09. The lowest BCUT2D eigenvalue weighted by molar-refractivity contribution is 0.595. The van der Waals surface area contributed by atoms with Gasteiger partial charge in [0.2, 0.25) is 0 Å². The van der Waals surface area contributed by atoms with Crippen molar-refractivity contribution in [1.82, 2.24) is 0 Å². The van der Waals surface area contributed by atoms with E-state index in [1.165, 1.54) is 6.07 Å². The summed E-state index contributed by atoms with van der Waals surface area (Å²) in [4.78, 5) is 0.112. The van der Waals surface area contributed by atoms with E-state index in [1.54, 1.807) is 36.4 Å². The zero-order valence-corrected chi connectivity index (χ0v) is 12.8. The fourth-order valence-corrected chi connectivity index (χ4v) is 4.12. The lowest BCUT2D eigenvalue weighted by atomic mass is 10.1. The van der Waals surface area contributed by atoms with E-state index < -0.39 is 9.84 Å². The highest BCUT2D eigenvalue weighted by Gasteiger charge is 2.19. The summed E-state index contributed by atoms with van der Waals surface area (Å²) in [5.74, 6) is -0.194. The van der Waals surface area contributed by atoms with Crippen LogP contribution in [0.4, 0.5) is 0 Å². The zero-order valence-electron chi connectivity index (χ0n) is 10.5. The van der Waals surface area contributed by atoms with Gasteiger partial charge in [0.25, 0.3) is 0 Å². The van der Waals surface area contributed by atoms with E-state index in [2.05, 4.69) is 0 Å². The maximum atomic E-state index is 12.4. The van der Waals surface area contributed by atoms with Crippen LogP contribution in [0.15, 0.2) is 47.4 Å². The van der Waals surface area contributed by atoms with E-state index in [0.29, 0.717) is 17.1 Å². The molecule has 0 radical (unpaired) electrons. The molecule has 0 atom stereocenters. The van der Waals surface area contributed by atoms with Crippen LogP contribution in [-0.4, -0.2) is 8.42 Å². The van der Waals surface area contributed by atoms with E-state index >= 15 is 0 Å². The first-order valence-corrected chi connectivity index (χ1v) is 8.29. The molecule has 2 aromatic carbocycles. The molecule has 0 unspecified atom stereocenters. The van der Waals surface area contributed by atoms with Gasteiger partial charge in [0, 0.05) is 11.6 Å². The Morgan fingerprint density at radius 2 is 1.70 bits per heavy atom. The molecule has 0 bridgehead atoms. The first kappa shape index (κ1) is 15.3. The minimum absolute atomic E-state index is 0.112. The Hall–Kier alpha value is -1.07. The van der Waals surface area contributed by atoms with Crippen LogP contribution in [0.1, 0.15) is 11.1 Å². The van der Waals surface area contributed by atoms with Crippen molar-refractivity contribution in [3.05, 3.63) is 63.6 Å². The molecule has 0 aromatic heterocycles. The number of nitrogens with two attached hydrogens (primary N) is 1. The average molecular weight is 330 g/mol. The third-order valence-electron chi connectivity index (χ3n) is 2.87. The van der Waals surface area contributed by atoms with Crippen molar-refractivity contribution >= 4 is 33.0 Å². The van der Waals surface area contributed by atoms with Gasteiger partial charge in [0.1, 0.15) is 0 Å². The second-order valence-electron chi connectivity index (χ2n) is 4.32. The maximum Gasteiger partial charge on any atom is 0.184 e. The Kier molecular flexibility index (Phi) is 4.70. The van der Waals surface area contributed by atoms with Crippen molar-refractivity contribution in [3.63, 3.8) is 0 Å². The lowest BCUT2D eigenvalue weighted by Crippen LogP contribution is -2.06. The molecule has 0 heterocycles. The monoisotopic (exact) mass is 329 g/mol. The molecular weight excluding hydrogens is 317 g/mol. The molecule has 2 rings (SSSR count). The van der Waals surface area contributed by atoms with E-state index in [-0.39, 0.29) is 15.7 Å². The van der Waals surface area contributed by atoms with Crippen LogP contribution in [-0.2, 0) is 22.1 Å². The molecule has 0 aliphatic carbocycles. The van der Waals surface area contributed by atoms with Gasteiger partial charge in [-0.05, 0) is 29.3 Å². The van der Waals surface area contributed by atoms with Crippen LogP contribution in [0, 0.1) is 0 Å². The Morgan fingerprint density at radius 3 is 2.30 bits per heavy atom. The third-order valence-corrected chi connectivity index (χ3v) is 5.38. The van der Waals surface area contributed by atoms with E-state index in [1.807, 2.05) is 0 Å². The number of hydrogen-bond acceptors (Lipinski definition) is 3. The summed E-state index contributed by atoms with van der Waals surface area (Å²) < 4.78 is 24.7. The normalized spacial score (nSPS) is 11.6. The largest absolute Gasteiger partial charge is 0.326 e. The standard InChI is InChI=1S/C14H13Cl2NO2S/c15-12-3-1-2-4-14(12)20(18,19)9-11-6-5-10(8-17)7-13(11)16/h1-7H,8-9,17H2. The highest BCUT2D eigenvalue weighted by molar-refractivity contribution is 7.90. The summed E-state index contributed by atoms with van der Waals surface area (Å²) in [7, 11) is -3.53. The molecule has 2 N–H and O–H groups in total. The van der Waals surface area contributed by atoms with Crippen LogP contribution in [0.2, 0.25) is 10.0 Å². The van der Waals surface area contributed by atoms with Gasteiger partial charge in [-0.25, -0.2) is 8.42 Å². The Balaban J connectivity index is 2.36. The first-order valence-electron chi connectivity index (χ1n) is 5.88. The summed E-state index contributed by atoms with van der Waals surface area (Å²) in [6.45, 7) is 0.358. The highest BCUT2D eigenvalue weighted by atomic mass is 35.5. The van der Waals surface area contributed by atoms with Gasteiger partial charge in [-0.3, -0.25) is 0 Å². The number of hydrogen-bond donors (Lipinski definition) is 1. The molecule has 0 aliphatic heterocycles. The van der Waals surface area contributed by atoms with Crippen LogP contribution in [0.5, 0.6) is 0 Å². The quantitative estimate of drug-likeness (QED) is 0.934. The van der Waals surface area contributed by atoms with E-state index in [4.69, 9.17) is 28.9 Å². The van der Waals surface area contributed by atoms with Gasteiger partial charge < -0.3 is 5.73 Å². The smallest absolute Gasteiger partial charge is 0.184 e. The molecule has 6 heteroatoms. The minimum Gasteiger partial charge on any atom is -0.326 e. The van der Waals surface area contributed by atoms with Crippen molar-refractivity contribution < 1.29 is 8.42 Å². The van der Waals surface area contributed by atoms with Crippen molar-refractivity contribution in [2.45, 2.75) is 17.2 Å². The second kappa shape index (κ2) is 6.14. The van der Waals surface area contributed by atoms with Gasteiger partial charge in [0.05, 0.1) is 15.7 Å². The topological polar surface area (TPSA) is 60.2 Å². The number of sulfone groups is 1. The predicted molar refractivity (Wildman–Crippen MR) is 81.7 cm³/mol. The number of benzene rings is 2. The number of rotatable bonds is 4. The predicted octanol–water partition coefficient (Wildman–Crippen LogP) is 3.43. The summed E-state index contributed by atoms with van der Waals surface area (Å²) >= 11 is 12.0. The molecule has 106 valence electrons. The molecule has 0 aliphatic rings. The van der Waals surface area contributed by atoms with Crippen LogP contribution >= 0.6 is 23.2 Å². The molecule has 2 aromatic rings. The maximum absolute atomic E-state index is 12.4. The van der Waals surface area contributed by atoms with Gasteiger partial charge in [-0.15, -0.1) is 0 Å². The second-order valence-corrected chi connectivity index (χ2v) is 7.09. The van der Waals surface area contributed by atoms with Crippen molar-refractivity contribution in [1.29, 1.82) is 0 Å². The van der Waals surface area contributed by atoms with Crippen molar-refractivity contribution in [2.75, 3.05) is 0 Å². The van der Waals surface area contributed by atoms with Gasteiger partial charge in [-0.1, -0.05) is 47.5 Å². The summed E-state index contributed by atoms with van der Waals surface area (Å²) in [6.07, 6.45) is 0. The molecule has 20 heavy (non-hydrogen) atoms. The molecule has 0 saturated heterocycles. The molecular formula is C14H13Cl2NO2S.